The van der Waals surface area contributed by atoms with Gasteiger partial charge < -0.3 is 0 Å². The fourth-order valence-corrected chi connectivity index (χ4v) is 0. The summed E-state index contributed by atoms with van der Waals surface area (Å²) in [6, 6.07) is 0. The molecule has 10 heteroatoms. The minimum Gasteiger partial charge on any atom is -0.288 e. The molecule has 0 unspecified atom stereocenters. The molecule has 0 aromatic carbocycles. The molecule has 0 aliphatic rings. The minimum absolute atomic E-state index is 0. The molecular formula is C6H15FeN3O3S3. The molecule has 0 aromatic heterocycles. The monoisotopic (exact) mass is 329 g/mol. The fraction of sp³-hybridized carbons (Fsp3) is 0.500. The number of thiocarbonyl (C=S) groups is 3. The molecule has 0 aliphatic carbocycles. The zero-order valence-electron chi connectivity index (χ0n) is 8.99. The van der Waals surface area contributed by atoms with Gasteiger partial charge in [-0.25, -0.2) is 0 Å². The standard InChI is InChI=1S/3C2H5NOS.Fe/c3*1-3(4)2-5;/h3*2,4H,1H3;. The van der Waals surface area contributed by atoms with Crippen LogP contribution in [0.2, 0.25) is 0 Å². The van der Waals surface area contributed by atoms with Crippen LogP contribution in [0.15, 0.2) is 0 Å². The van der Waals surface area contributed by atoms with Gasteiger partial charge in [0.25, 0.3) is 0 Å². The van der Waals surface area contributed by atoms with E-state index < -0.39 is 0 Å². The number of nitrogens with zero attached hydrogens (tertiary/aromatic N) is 3. The van der Waals surface area contributed by atoms with Crippen molar-refractivity contribution in [2.45, 2.75) is 0 Å². The van der Waals surface area contributed by atoms with Gasteiger partial charge in [0.05, 0.1) is 16.5 Å². The van der Waals surface area contributed by atoms with Gasteiger partial charge in [0, 0.05) is 38.2 Å². The van der Waals surface area contributed by atoms with Crippen LogP contribution in [0.1, 0.15) is 0 Å². The second-order valence-corrected chi connectivity index (χ2v) is 2.67. The quantitative estimate of drug-likeness (QED) is 0.396. The van der Waals surface area contributed by atoms with E-state index in [9.17, 15) is 0 Å². The Kier molecular flexibility index (Phi) is 32.1. The van der Waals surface area contributed by atoms with Crippen LogP contribution < -0.4 is 0 Å². The molecule has 0 saturated carbocycles. The fourth-order valence-electron chi connectivity index (χ4n) is 0. The Morgan fingerprint density at radius 1 is 0.688 bits per heavy atom. The van der Waals surface area contributed by atoms with Crippen LogP contribution in [0.5, 0.6) is 0 Å². The first-order chi connectivity index (χ1) is 6.81. The molecular weight excluding hydrogens is 314 g/mol. The molecule has 0 spiro atoms. The van der Waals surface area contributed by atoms with Crippen LogP contribution in [0.25, 0.3) is 0 Å². The normalized spacial score (nSPS) is 6.38. The van der Waals surface area contributed by atoms with Crippen molar-refractivity contribution < 1.29 is 32.7 Å². The predicted molar refractivity (Wildman–Crippen MR) is 69.6 cm³/mol. The van der Waals surface area contributed by atoms with E-state index in [0.29, 0.717) is 0 Å². The summed E-state index contributed by atoms with van der Waals surface area (Å²) >= 11 is 12.7. The van der Waals surface area contributed by atoms with Crippen molar-refractivity contribution in [2.75, 3.05) is 21.1 Å². The van der Waals surface area contributed by atoms with Crippen molar-refractivity contribution in [3.8, 4) is 0 Å². The third kappa shape index (κ3) is 65.2. The van der Waals surface area contributed by atoms with E-state index >= 15 is 0 Å². The summed E-state index contributed by atoms with van der Waals surface area (Å²) in [5.74, 6) is 0. The van der Waals surface area contributed by atoms with Gasteiger partial charge in [-0.1, -0.05) is 36.7 Å². The van der Waals surface area contributed by atoms with Crippen molar-refractivity contribution in [3.05, 3.63) is 0 Å². The summed E-state index contributed by atoms with van der Waals surface area (Å²) in [5.41, 5.74) is 3.42. The molecule has 16 heavy (non-hydrogen) atoms. The summed E-state index contributed by atoms with van der Waals surface area (Å²) in [6.45, 7) is 0. The van der Waals surface area contributed by atoms with E-state index in [-0.39, 0.29) is 17.1 Å². The second kappa shape index (κ2) is 20.5. The number of hydroxylamine groups is 6. The summed E-state index contributed by atoms with van der Waals surface area (Å²) in [4.78, 5) is 0. The van der Waals surface area contributed by atoms with E-state index in [0.717, 1.165) is 31.7 Å². The molecule has 3 N–H and O–H groups in total. The summed E-state index contributed by atoms with van der Waals surface area (Å²) in [7, 11) is 4.35. The zero-order chi connectivity index (χ0) is 12.9. The van der Waals surface area contributed by atoms with E-state index in [4.69, 9.17) is 15.6 Å². The van der Waals surface area contributed by atoms with Crippen molar-refractivity contribution in [1.82, 2.24) is 15.2 Å². The second-order valence-electron chi connectivity index (χ2n) is 2.04. The average molecular weight is 329 g/mol. The van der Waals surface area contributed by atoms with Crippen LogP contribution in [0.4, 0.5) is 0 Å². The van der Waals surface area contributed by atoms with Gasteiger partial charge >= 0.3 is 0 Å². The Morgan fingerprint density at radius 2 is 0.750 bits per heavy atom. The SMILES string of the molecule is CN(O)C=S.CN(O)C=S.CN(O)C=S.[Fe]. The maximum Gasteiger partial charge on any atom is 0.0898 e. The molecule has 0 saturated heterocycles. The average Bonchev–Trinajstić information content (AvgIpc) is 2.19. The molecule has 0 fully saturated rings. The largest absolute Gasteiger partial charge is 0.288 e. The molecule has 0 amide bonds. The van der Waals surface area contributed by atoms with Crippen LogP contribution in [0.3, 0.4) is 0 Å². The number of hydrogen-bond acceptors (Lipinski definition) is 6. The van der Waals surface area contributed by atoms with Crippen molar-refractivity contribution in [1.29, 1.82) is 0 Å². The Morgan fingerprint density at radius 3 is 0.750 bits per heavy atom. The third-order valence-electron chi connectivity index (χ3n) is 0.458. The summed E-state index contributed by atoms with van der Waals surface area (Å²) in [5, 5.41) is 26.5. The van der Waals surface area contributed by atoms with E-state index in [2.05, 4.69) is 36.7 Å². The maximum absolute atomic E-state index is 8.03. The number of rotatable bonds is 3. The molecule has 0 aliphatic heterocycles. The van der Waals surface area contributed by atoms with E-state index in [1.165, 1.54) is 21.1 Å². The zero-order valence-corrected chi connectivity index (χ0v) is 12.5. The van der Waals surface area contributed by atoms with Crippen LogP contribution in [-0.4, -0.2) is 68.4 Å². The first-order valence-electron chi connectivity index (χ1n) is 3.42. The van der Waals surface area contributed by atoms with E-state index in [1.54, 1.807) is 0 Å². The Hall–Kier alpha value is 0.0695. The van der Waals surface area contributed by atoms with Gasteiger partial charge in [-0.15, -0.1) is 0 Å². The maximum atomic E-state index is 8.03. The van der Waals surface area contributed by atoms with Crippen molar-refractivity contribution in [2.24, 2.45) is 0 Å². The van der Waals surface area contributed by atoms with Crippen molar-refractivity contribution >= 4 is 53.1 Å². The van der Waals surface area contributed by atoms with Crippen molar-refractivity contribution in [3.63, 3.8) is 0 Å². The van der Waals surface area contributed by atoms with Gasteiger partial charge in [0.1, 0.15) is 0 Å². The van der Waals surface area contributed by atoms with Gasteiger partial charge in [-0.05, 0) is 0 Å². The first kappa shape index (κ1) is 25.1. The smallest absolute Gasteiger partial charge is 0.0898 e. The third-order valence-corrected chi connectivity index (χ3v) is 1.37. The van der Waals surface area contributed by atoms with Gasteiger partial charge in [0.2, 0.25) is 0 Å². The summed E-state index contributed by atoms with van der Waals surface area (Å²) in [6.07, 6.45) is 0. The van der Waals surface area contributed by atoms with Crippen LogP contribution >= 0.6 is 36.7 Å². The first-order valence-corrected chi connectivity index (χ1v) is 4.84. The molecule has 0 atom stereocenters. The molecule has 0 radical (unpaired) electrons. The Balaban J connectivity index is -0.0000000655. The van der Waals surface area contributed by atoms with Crippen LogP contribution in [0, 0.1) is 0 Å². The van der Waals surface area contributed by atoms with E-state index in [1.807, 2.05) is 0 Å². The molecule has 0 heterocycles. The topological polar surface area (TPSA) is 70.4 Å². The predicted octanol–water partition coefficient (Wildman–Crippen LogP) is 0.791. The van der Waals surface area contributed by atoms with Crippen LogP contribution in [-0.2, 0) is 17.1 Å². The van der Waals surface area contributed by atoms with Gasteiger partial charge in [0.15, 0.2) is 0 Å². The molecule has 6 nitrogen and oxygen atoms in total. The van der Waals surface area contributed by atoms with Gasteiger partial charge in [-0.2, -0.15) is 0 Å². The minimum atomic E-state index is 0. The molecule has 98 valence electrons. The molecule has 0 aromatic rings. The molecule has 0 bridgehead atoms. The Labute approximate surface area is 122 Å². The summed E-state index contributed by atoms with van der Waals surface area (Å²) < 4.78 is 0. The molecule has 0 rings (SSSR count). The van der Waals surface area contributed by atoms with Gasteiger partial charge in [-0.3, -0.25) is 30.8 Å². The Bertz CT molecular complexity index is 144. The number of hydrogen-bond donors (Lipinski definition) is 3.